The van der Waals surface area contributed by atoms with Gasteiger partial charge in [-0.05, 0) is 31.5 Å². The zero-order valence-corrected chi connectivity index (χ0v) is 11.8. The third kappa shape index (κ3) is 2.20. The van der Waals surface area contributed by atoms with E-state index >= 15 is 0 Å². The maximum atomic E-state index is 10.9. The summed E-state index contributed by atoms with van der Waals surface area (Å²) in [6.07, 6.45) is 0. The van der Waals surface area contributed by atoms with E-state index in [1.165, 1.54) is 6.07 Å². The normalized spacial score (nSPS) is 10.4. The van der Waals surface area contributed by atoms with Gasteiger partial charge in [-0.25, -0.2) is 4.79 Å². The van der Waals surface area contributed by atoms with Crippen LogP contribution in [0.5, 0.6) is 11.5 Å². The number of aromatic amines is 1. The second-order valence-corrected chi connectivity index (χ2v) is 4.40. The molecular formula is C14H16N2O4. The average molecular weight is 276 g/mol. The second kappa shape index (κ2) is 5.24. The molecule has 0 radical (unpaired) electrons. The first-order chi connectivity index (χ1) is 9.49. The van der Waals surface area contributed by atoms with Crippen LogP contribution in [0.15, 0.2) is 12.1 Å². The summed E-state index contributed by atoms with van der Waals surface area (Å²) in [5.74, 6) is 0.253. The topological polar surface area (TPSA) is 84.4 Å². The number of rotatable bonds is 4. The molecular weight excluding hydrogens is 260 g/mol. The SMILES string of the molecule is COc1c(C)cc(-c2cc(C(=O)O)[nH]n2)c(C)c1OC. The Morgan fingerprint density at radius 3 is 2.35 bits per heavy atom. The Labute approximate surface area is 116 Å². The summed E-state index contributed by atoms with van der Waals surface area (Å²) in [5, 5.41) is 15.5. The Morgan fingerprint density at radius 1 is 1.20 bits per heavy atom. The van der Waals surface area contributed by atoms with Crippen molar-refractivity contribution in [1.82, 2.24) is 10.2 Å². The molecule has 6 nitrogen and oxygen atoms in total. The number of hydrogen-bond donors (Lipinski definition) is 2. The lowest BCUT2D eigenvalue weighted by atomic mass is 10.0. The third-order valence-corrected chi connectivity index (χ3v) is 3.16. The second-order valence-electron chi connectivity index (χ2n) is 4.40. The highest BCUT2D eigenvalue weighted by Gasteiger charge is 2.18. The number of carboxylic acid groups (broad SMARTS) is 1. The van der Waals surface area contributed by atoms with Crippen LogP contribution in [-0.4, -0.2) is 35.5 Å². The van der Waals surface area contributed by atoms with Gasteiger partial charge in [0.2, 0.25) is 0 Å². The van der Waals surface area contributed by atoms with Crippen molar-refractivity contribution >= 4 is 5.97 Å². The standard InChI is InChI=1S/C14H16N2O4/c1-7-5-9(8(2)13(20-4)12(7)19-3)10-6-11(14(17)18)16-15-10/h5-6H,1-4H3,(H,15,16)(H,17,18). The van der Waals surface area contributed by atoms with Crippen molar-refractivity contribution in [3.63, 3.8) is 0 Å². The van der Waals surface area contributed by atoms with Gasteiger partial charge in [-0.1, -0.05) is 0 Å². The highest BCUT2D eigenvalue weighted by molar-refractivity contribution is 5.87. The largest absolute Gasteiger partial charge is 0.493 e. The van der Waals surface area contributed by atoms with Crippen LogP contribution in [0.3, 0.4) is 0 Å². The molecule has 1 aromatic carbocycles. The Morgan fingerprint density at radius 2 is 1.85 bits per heavy atom. The van der Waals surface area contributed by atoms with Gasteiger partial charge in [0.25, 0.3) is 0 Å². The zero-order valence-electron chi connectivity index (χ0n) is 11.8. The number of carboxylic acids is 1. The fourth-order valence-corrected chi connectivity index (χ4v) is 2.20. The van der Waals surface area contributed by atoms with Crippen molar-refractivity contribution in [2.75, 3.05) is 14.2 Å². The van der Waals surface area contributed by atoms with Gasteiger partial charge in [-0.2, -0.15) is 5.10 Å². The number of nitrogens with one attached hydrogen (secondary N) is 1. The minimum absolute atomic E-state index is 0.0480. The number of H-pyrrole nitrogens is 1. The molecule has 6 heteroatoms. The first-order valence-corrected chi connectivity index (χ1v) is 6.00. The third-order valence-electron chi connectivity index (χ3n) is 3.16. The van der Waals surface area contributed by atoms with Crippen LogP contribution in [0.2, 0.25) is 0 Å². The van der Waals surface area contributed by atoms with Crippen LogP contribution in [0.4, 0.5) is 0 Å². The maximum absolute atomic E-state index is 10.9. The predicted molar refractivity (Wildman–Crippen MR) is 73.6 cm³/mol. The summed E-state index contributed by atoms with van der Waals surface area (Å²) in [6.45, 7) is 3.78. The summed E-state index contributed by atoms with van der Waals surface area (Å²) >= 11 is 0. The molecule has 0 aliphatic rings. The molecule has 0 spiro atoms. The number of aromatic nitrogens is 2. The number of methoxy groups -OCH3 is 2. The number of hydrogen-bond acceptors (Lipinski definition) is 4. The van der Waals surface area contributed by atoms with Gasteiger partial charge in [-0.15, -0.1) is 0 Å². The number of benzene rings is 1. The van der Waals surface area contributed by atoms with Crippen molar-refractivity contribution in [3.8, 4) is 22.8 Å². The van der Waals surface area contributed by atoms with Gasteiger partial charge in [0.15, 0.2) is 11.5 Å². The molecule has 0 amide bonds. The van der Waals surface area contributed by atoms with Gasteiger partial charge in [-0.3, -0.25) is 5.10 Å². The van der Waals surface area contributed by atoms with Crippen molar-refractivity contribution in [3.05, 3.63) is 29.0 Å². The minimum atomic E-state index is -1.04. The highest BCUT2D eigenvalue weighted by atomic mass is 16.5. The molecule has 0 atom stereocenters. The van der Waals surface area contributed by atoms with E-state index in [1.54, 1.807) is 14.2 Å². The monoisotopic (exact) mass is 276 g/mol. The van der Waals surface area contributed by atoms with Crippen molar-refractivity contribution in [1.29, 1.82) is 0 Å². The van der Waals surface area contributed by atoms with Crippen LogP contribution in [-0.2, 0) is 0 Å². The lowest BCUT2D eigenvalue weighted by molar-refractivity contribution is 0.0690. The van der Waals surface area contributed by atoms with Gasteiger partial charge in [0, 0.05) is 11.1 Å². The molecule has 2 N–H and O–H groups in total. The first-order valence-electron chi connectivity index (χ1n) is 6.00. The van der Waals surface area contributed by atoms with E-state index < -0.39 is 5.97 Å². The average Bonchev–Trinajstić information content (AvgIpc) is 2.90. The molecule has 1 heterocycles. The Hall–Kier alpha value is -2.50. The molecule has 2 aromatic rings. The summed E-state index contributed by atoms with van der Waals surface area (Å²) in [6, 6.07) is 3.40. The van der Waals surface area contributed by atoms with E-state index in [0.29, 0.717) is 17.2 Å². The molecule has 0 saturated carbocycles. The molecule has 0 aliphatic heterocycles. The van der Waals surface area contributed by atoms with Gasteiger partial charge in [0.05, 0.1) is 19.9 Å². The zero-order chi connectivity index (χ0) is 14.9. The van der Waals surface area contributed by atoms with Crippen LogP contribution < -0.4 is 9.47 Å². The Kier molecular flexibility index (Phi) is 3.65. The fraction of sp³-hybridized carbons (Fsp3) is 0.286. The van der Waals surface area contributed by atoms with Crippen molar-refractivity contribution in [2.24, 2.45) is 0 Å². The van der Waals surface area contributed by atoms with Crippen molar-refractivity contribution in [2.45, 2.75) is 13.8 Å². The smallest absolute Gasteiger partial charge is 0.353 e. The Bertz CT molecular complexity index is 661. The highest BCUT2D eigenvalue weighted by Crippen LogP contribution is 2.39. The summed E-state index contributed by atoms with van der Waals surface area (Å²) in [7, 11) is 3.16. The van der Waals surface area contributed by atoms with Gasteiger partial charge >= 0.3 is 5.97 Å². The lowest BCUT2D eigenvalue weighted by Crippen LogP contribution is -1.98. The van der Waals surface area contributed by atoms with Gasteiger partial charge < -0.3 is 14.6 Å². The van der Waals surface area contributed by atoms with E-state index in [1.807, 2.05) is 19.9 Å². The molecule has 106 valence electrons. The summed E-state index contributed by atoms with van der Waals surface area (Å²) in [4.78, 5) is 10.9. The number of carbonyl (C=O) groups is 1. The molecule has 0 fully saturated rings. The van der Waals surface area contributed by atoms with Crippen LogP contribution in [0, 0.1) is 13.8 Å². The fourth-order valence-electron chi connectivity index (χ4n) is 2.20. The number of nitrogens with zero attached hydrogens (tertiary/aromatic N) is 1. The van der Waals surface area contributed by atoms with Crippen molar-refractivity contribution < 1.29 is 19.4 Å². The number of ether oxygens (including phenoxy) is 2. The minimum Gasteiger partial charge on any atom is -0.493 e. The molecule has 0 aliphatic carbocycles. The first kappa shape index (κ1) is 13.9. The summed E-state index contributed by atoms with van der Waals surface area (Å²) < 4.78 is 10.7. The van der Waals surface area contributed by atoms with Crippen LogP contribution >= 0.6 is 0 Å². The van der Waals surface area contributed by atoms with E-state index in [2.05, 4.69) is 10.2 Å². The summed E-state index contributed by atoms with van der Waals surface area (Å²) in [5.41, 5.74) is 3.16. The van der Waals surface area contributed by atoms with Gasteiger partial charge in [0.1, 0.15) is 5.69 Å². The molecule has 20 heavy (non-hydrogen) atoms. The van der Waals surface area contributed by atoms with E-state index in [9.17, 15) is 4.79 Å². The molecule has 0 bridgehead atoms. The molecule has 0 unspecified atom stereocenters. The molecule has 0 saturated heterocycles. The quantitative estimate of drug-likeness (QED) is 0.895. The Balaban J connectivity index is 2.62. The number of aromatic carboxylic acids is 1. The number of aryl methyl sites for hydroxylation is 1. The molecule has 2 rings (SSSR count). The van der Waals surface area contributed by atoms with E-state index in [4.69, 9.17) is 14.6 Å². The van der Waals surface area contributed by atoms with E-state index in [0.717, 1.165) is 16.7 Å². The maximum Gasteiger partial charge on any atom is 0.353 e. The lowest BCUT2D eigenvalue weighted by Gasteiger charge is -2.15. The predicted octanol–water partition coefficient (Wildman–Crippen LogP) is 2.41. The van der Waals surface area contributed by atoms with Crippen LogP contribution in [0.1, 0.15) is 21.6 Å². The van der Waals surface area contributed by atoms with Crippen LogP contribution in [0.25, 0.3) is 11.3 Å². The van der Waals surface area contributed by atoms with E-state index in [-0.39, 0.29) is 5.69 Å². The molecule has 1 aromatic heterocycles.